The Morgan fingerprint density at radius 2 is 1.04 bits per heavy atom. The molecule has 2 nitrogen and oxygen atoms in total. The minimum absolute atomic E-state index is 0. The number of carbonyl (C=O) groups excluding carboxylic acids is 1. The first-order valence-corrected chi connectivity index (χ1v) is 10.5. The first-order chi connectivity index (χ1) is 11.7. The molecule has 0 N–H and O–H groups in total. The summed E-state index contributed by atoms with van der Waals surface area (Å²) in [5.41, 5.74) is 0.614. The van der Waals surface area contributed by atoms with Gasteiger partial charge in [0.1, 0.15) is 0 Å². The summed E-state index contributed by atoms with van der Waals surface area (Å²) in [5, 5.41) is 0. The molecule has 142 valence electrons. The number of hydrogen-bond acceptors (Lipinski definition) is 2. The molecule has 0 saturated heterocycles. The third-order valence-corrected chi connectivity index (χ3v) is 4.81. The molecule has 0 aliphatic rings. The molecule has 0 saturated carbocycles. The first-order valence-electron chi connectivity index (χ1n) is 10.5. The van der Waals surface area contributed by atoms with E-state index in [0.717, 1.165) is 12.8 Å². The largest absolute Gasteiger partial charge is 1.00 e. The van der Waals surface area contributed by atoms with Crippen LogP contribution in [0.2, 0.25) is 0 Å². The zero-order valence-corrected chi connectivity index (χ0v) is 16.5. The van der Waals surface area contributed by atoms with E-state index in [0.29, 0.717) is 5.57 Å². The van der Waals surface area contributed by atoms with E-state index in [-0.39, 0.29) is 7.40 Å². The smallest absolute Gasteiger partial charge is 0.466 e. The summed E-state index contributed by atoms with van der Waals surface area (Å²) in [7, 11) is 1.42. The van der Waals surface area contributed by atoms with E-state index in [1.165, 1.54) is 103 Å². The molecule has 0 heterocycles. The van der Waals surface area contributed by atoms with E-state index in [9.17, 15) is 4.79 Å². The van der Waals surface area contributed by atoms with E-state index in [1.54, 1.807) is 0 Å². The average Bonchev–Trinajstić information content (AvgIpc) is 2.60. The summed E-state index contributed by atoms with van der Waals surface area (Å²) >= 11 is 0. The molecule has 0 rings (SSSR count). The molecule has 0 amide bonds. The van der Waals surface area contributed by atoms with Gasteiger partial charge in [0.2, 0.25) is 0 Å². The van der Waals surface area contributed by atoms with Crippen molar-refractivity contribution in [3.05, 3.63) is 12.2 Å². The van der Waals surface area contributed by atoms with Gasteiger partial charge in [-0.2, -0.15) is 0 Å². The molecule has 0 radical (unpaired) electrons. The van der Waals surface area contributed by atoms with Crippen molar-refractivity contribution in [1.29, 1.82) is 0 Å². The van der Waals surface area contributed by atoms with E-state index in [4.69, 9.17) is 0 Å². The van der Waals surface area contributed by atoms with Gasteiger partial charge in [-0.3, -0.25) is 0 Å². The summed E-state index contributed by atoms with van der Waals surface area (Å²) in [5.74, 6) is -0.254. The van der Waals surface area contributed by atoms with Gasteiger partial charge in [-0.25, -0.2) is 4.79 Å². The monoisotopic (exact) mass is 339 g/mol. The second-order valence-electron chi connectivity index (χ2n) is 7.15. The highest BCUT2D eigenvalue weighted by Gasteiger charge is 2.05. The molecule has 0 atom stereocenters. The standard InChI is InChI=1S/C22H42O2/c1-4-5-6-7-8-9-10-11-12-13-14-15-16-17-18-19-20-21(2)22(23)24-3/h2,4-20H2,1,3H3/p+1. The molecular weight excluding hydrogens is 296 g/mol. The Morgan fingerprint density at radius 1 is 0.708 bits per heavy atom. The molecule has 0 aromatic rings. The van der Waals surface area contributed by atoms with Crippen LogP contribution in [0.25, 0.3) is 0 Å². The van der Waals surface area contributed by atoms with Gasteiger partial charge in [-0.05, 0) is 12.8 Å². The van der Waals surface area contributed by atoms with E-state index < -0.39 is 0 Å². The second kappa shape index (κ2) is 18.5. The van der Waals surface area contributed by atoms with Crippen molar-refractivity contribution >= 4 is 5.97 Å². The molecular formula is C22H43O2+. The van der Waals surface area contributed by atoms with Gasteiger partial charge in [-0.1, -0.05) is 110 Å². The number of carbonyl (C=O) groups is 1. The van der Waals surface area contributed by atoms with Crippen LogP contribution in [-0.4, -0.2) is 13.1 Å². The summed E-state index contributed by atoms with van der Waals surface area (Å²) in [6.07, 6.45) is 22.7. The van der Waals surface area contributed by atoms with Crippen LogP contribution >= 0.6 is 0 Å². The fraction of sp³-hybridized carbons (Fsp3) is 0.864. The highest BCUT2D eigenvalue weighted by molar-refractivity contribution is 5.87. The van der Waals surface area contributed by atoms with Crippen LogP contribution in [-0.2, 0) is 9.53 Å². The van der Waals surface area contributed by atoms with E-state index in [1.807, 2.05) is 0 Å². The number of unbranched alkanes of at least 4 members (excludes halogenated alkanes) is 15. The van der Waals surface area contributed by atoms with Crippen LogP contribution < -0.4 is 0 Å². The quantitative estimate of drug-likeness (QED) is 0.147. The Morgan fingerprint density at radius 3 is 1.38 bits per heavy atom. The number of hydrogen-bond donors (Lipinski definition) is 0. The molecule has 24 heavy (non-hydrogen) atoms. The van der Waals surface area contributed by atoms with E-state index in [2.05, 4.69) is 18.2 Å². The lowest BCUT2D eigenvalue weighted by Crippen LogP contribution is -2.03. The topological polar surface area (TPSA) is 26.3 Å². The van der Waals surface area contributed by atoms with Gasteiger partial charge in [0.15, 0.2) is 0 Å². The first kappa shape index (κ1) is 23.2. The minimum atomic E-state index is -0.254. The minimum Gasteiger partial charge on any atom is -0.466 e. The highest BCUT2D eigenvalue weighted by Crippen LogP contribution is 2.15. The number of esters is 1. The zero-order chi connectivity index (χ0) is 17.9. The van der Waals surface area contributed by atoms with Gasteiger partial charge < -0.3 is 4.74 Å². The molecule has 2 heteroatoms. The van der Waals surface area contributed by atoms with Crippen LogP contribution in [0, 0.1) is 0 Å². The van der Waals surface area contributed by atoms with Gasteiger partial charge in [-0.15, -0.1) is 0 Å². The second-order valence-corrected chi connectivity index (χ2v) is 7.15. The lowest BCUT2D eigenvalue weighted by atomic mass is 10.0. The molecule has 0 fully saturated rings. The molecule has 0 aromatic heterocycles. The van der Waals surface area contributed by atoms with Crippen molar-refractivity contribution in [2.24, 2.45) is 0 Å². The van der Waals surface area contributed by atoms with Gasteiger partial charge in [0.05, 0.1) is 7.11 Å². The maximum Gasteiger partial charge on any atom is 1.00 e. The molecule has 0 aliphatic carbocycles. The van der Waals surface area contributed by atoms with Crippen LogP contribution in [0.4, 0.5) is 0 Å². The maximum absolute atomic E-state index is 11.2. The van der Waals surface area contributed by atoms with Gasteiger partial charge in [0.25, 0.3) is 0 Å². The maximum atomic E-state index is 11.2. The lowest BCUT2D eigenvalue weighted by molar-refractivity contribution is -0.136. The fourth-order valence-electron chi connectivity index (χ4n) is 3.13. The van der Waals surface area contributed by atoms with Crippen molar-refractivity contribution in [2.75, 3.05) is 7.11 Å². The van der Waals surface area contributed by atoms with Crippen LogP contribution in [0.3, 0.4) is 0 Å². The van der Waals surface area contributed by atoms with Gasteiger partial charge in [0, 0.05) is 5.57 Å². The van der Waals surface area contributed by atoms with Crippen LogP contribution in [0.15, 0.2) is 12.2 Å². The summed E-state index contributed by atoms with van der Waals surface area (Å²) < 4.78 is 4.65. The van der Waals surface area contributed by atoms with Crippen molar-refractivity contribution in [1.82, 2.24) is 0 Å². The zero-order valence-electron chi connectivity index (χ0n) is 17.5. The van der Waals surface area contributed by atoms with Crippen molar-refractivity contribution in [3.63, 3.8) is 0 Å². The Bertz CT molecular complexity index is 302. The lowest BCUT2D eigenvalue weighted by Gasteiger charge is -2.04. The Kier molecular flexibility index (Phi) is 17.9. The molecule has 0 aliphatic heterocycles. The Labute approximate surface area is 152 Å². The molecule has 0 unspecified atom stereocenters. The van der Waals surface area contributed by atoms with Crippen LogP contribution in [0.1, 0.15) is 118 Å². The summed E-state index contributed by atoms with van der Waals surface area (Å²) in [4.78, 5) is 11.2. The number of methoxy groups -OCH3 is 1. The molecule has 0 aromatic carbocycles. The third-order valence-electron chi connectivity index (χ3n) is 4.81. The Hall–Kier alpha value is -0.790. The third kappa shape index (κ3) is 16.1. The van der Waals surface area contributed by atoms with Crippen LogP contribution in [0.5, 0.6) is 0 Å². The Balaban J connectivity index is 0. The molecule has 0 spiro atoms. The van der Waals surface area contributed by atoms with E-state index >= 15 is 0 Å². The predicted octanol–water partition coefficient (Wildman–Crippen LogP) is 7.48. The van der Waals surface area contributed by atoms with Gasteiger partial charge >= 0.3 is 7.40 Å². The normalized spacial score (nSPS) is 10.8. The fourth-order valence-corrected chi connectivity index (χ4v) is 3.13. The number of ether oxygens (including phenoxy) is 1. The SMILES string of the molecule is C=C(CCCCCCCCCCCCCCCCCC)C(=O)OC.[H+]. The van der Waals surface area contributed by atoms with Crippen molar-refractivity contribution < 1.29 is 11.0 Å². The highest BCUT2D eigenvalue weighted by atomic mass is 16.5. The van der Waals surface area contributed by atoms with Crippen molar-refractivity contribution in [2.45, 2.75) is 116 Å². The summed E-state index contributed by atoms with van der Waals surface area (Å²) in [6.45, 7) is 6.04. The van der Waals surface area contributed by atoms with Crippen molar-refractivity contribution in [3.8, 4) is 0 Å². The average molecular weight is 340 g/mol. The number of rotatable bonds is 18. The summed E-state index contributed by atoms with van der Waals surface area (Å²) in [6, 6.07) is 0. The predicted molar refractivity (Wildman–Crippen MR) is 106 cm³/mol. The molecule has 0 bridgehead atoms.